The van der Waals surface area contributed by atoms with Crippen molar-refractivity contribution in [2.75, 3.05) is 0 Å². The highest BCUT2D eigenvalue weighted by Crippen LogP contribution is 2.52. The maximum absolute atomic E-state index is 2.47. The Morgan fingerprint density at radius 1 is 0.405 bits per heavy atom. The average Bonchev–Trinajstić information content (AvgIpc) is 3.18. The van der Waals surface area contributed by atoms with Crippen molar-refractivity contribution in [1.29, 1.82) is 0 Å². The van der Waals surface area contributed by atoms with Gasteiger partial charge in [0, 0.05) is 5.41 Å². The molecule has 1 aliphatic rings. The van der Waals surface area contributed by atoms with Crippen LogP contribution in [0, 0.1) is 0 Å². The molecule has 0 aliphatic heterocycles. The van der Waals surface area contributed by atoms with E-state index in [-0.39, 0.29) is 5.41 Å². The van der Waals surface area contributed by atoms with Gasteiger partial charge in [0.1, 0.15) is 0 Å². The number of hydrogen-bond acceptors (Lipinski definition) is 0. The van der Waals surface area contributed by atoms with Gasteiger partial charge in [0.25, 0.3) is 0 Å². The van der Waals surface area contributed by atoms with Crippen molar-refractivity contribution < 1.29 is 0 Å². The molecule has 0 N–H and O–H groups in total. The molecule has 0 bridgehead atoms. The third-order valence-electron chi connectivity index (χ3n) is 8.62. The highest BCUT2D eigenvalue weighted by Gasteiger charge is 2.36. The molecule has 0 atom stereocenters. The van der Waals surface area contributed by atoms with E-state index >= 15 is 0 Å². The SMILES string of the molecule is CC1(C)c2cc(-c3c4ccccc4cc4c3ccc3ccccc34)ccc2-c2c1ccc1ccccc21. The Morgan fingerprint density at radius 3 is 1.81 bits per heavy atom. The molecule has 0 unspecified atom stereocenters. The van der Waals surface area contributed by atoms with Crippen LogP contribution in [-0.4, -0.2) is 0 Å². The third-order valence-corrected chi connectivity index (χ3v) is 8.62. The molecule has 7 aromatic carbocycles. The van der Waals surface area contributed by atoms with Crippen LogP contribution in [-0.2, 0) is 5.41 Å². The second kappa shape index (κ2) is 7.31. The van der Waals surface area contributed by atoms with Gasteiger partial charge in [-0.3, -0.25) is 0 Å². The third kappa shape index (κ3) is 2.79. The van der Waals surface area contributed by atoms with E-state index in [2.05, 4.69) is 135 Å². The molecule has 0 saturated heterocycles. The van der Waals surface area contributed by atoms with Crippen LogP contribution < -0.4 is 0 Å². The Kier molecular flexibility index (Phi) is 4.10. The van der Waals surface area contributed by atoms with Crippen molar-refractivity contribution in [3.63, 3.8) is 0 Å². The van der Waals surface area contributed by atoms with E-state index in [0.29, 0.717) is 0 Å². The van der Waals surface area contributed by atoms with E-state index in [1.165, 1.54) is 76.5 Å². The molecule has 0 nitrogen and oxygen atoms in total. The first-order valence-electron chi connectivity index (χ1n) is 13.1. The van der Waals surface area contributed by atoms with Crippen LogP contribution in [0.1, 0.15) is 25.0 Å². The van der Waals surface area contributed by atoms with Crippen molar-refractivity contribution >= 4 is 43.1 Å². The fourth-order valence-corrected chi connectivity index (χ4v) is 6.79. The average molecular weight is 471 g/mol. The fraction of sp³-hybridized carbons (Fsp3) is 0.0811. The summed E-state index contributed by atoms with van der Waals surface area (Å²) in [4.78, 5) is 0. The monoisotopic (exact) mass is 470 g/mol. The highest BCUT2D eigenvalue weighted by atomic mass is 14.4. The van der Waals surface area contributed by atoms with Crippen LogP contribution in [0.15, 0.2) is 121 Å². The lowest BCUT2D eigenvalue weighted by Gasteiger charge is -2.22. The molecule has 0 heterocycles. The summed E-state index contributed by atoms with van der Waals surface area (Å²) in [5.41, 5.74) is 8.18. The van der Waals surface area contributed by atoms with E-state index < -0.39 is 0 Å². The topological polar surface area (TPSA) is 0 Å². The number of fused-ring (bicyclic) bond motifs is 9. The Hall–Kier alpha value is -4.42. The van der Waals surface area contributed by atoms with Gasteiger partial charge >= 0.3 is 0 Å². The van der Waals surface area contributed by atoms with Crippen molar-refractivity contribution in [1.82, 2.24) is 0 Å². The summed E-state index contributed by atoms with van der Waals surface area (Å²) in [5, 5.41) is 10.5. The lowest BCUT2D eigenvalue weighted by molar-refractivity contribution is 0.661. The van der Waals surface area contributed by atoms with Gasteiger partial charge in [-0.25, -0.2) is 0 Å². The molecular weight excluding hydrogens is 444 g/mol. The van der Waals surface area contributed by atoms with Gasteiger partial charge < -0.3 is 0 Å². The minimum Gasteiger partial charge on any atom is -0.0616 e. The zero-order valence-corrected chi connectivity index (χ0v) is 21.0. The predicted octanol–water partition coefficient (Wildman–Crippen LogP) is 10.3. The summed E-state index contributed by atoms with van der Waals surface area (Å²) < 4.78 is 0. The molecular formula is C37H26. The summed E-state index contributed by atoms with van der Waals surface area (Å²) in [7, 11) is 0. The first-order chi connectivity index (χ1) is 18.1. The lowest BCUT2D eigenvalue weighted by Crippen LogP contribution is -2.15. The molecule has 0 heteroatoms. The Morgan fingerprint density at radius 2 is 1.03 bits per heavy atom. The van der Waals surface area contributed by atoms with E-state index in [0.717, 1.165) is 0 Å². The van der Waals surface area contributed by atoms with E-state index in [1.54, 1.807) is 0 Å². The summed E-state index contributed by atoms with van der Waals surface area (Å²) in [5.74, 6) is 0. The van der Waals surface area contributed by atoms with Gasteiger partial charge in [0.05, 0.1) is 0 Å². The van der Waals surface area contributed by atoms with E-state index in [1.807, 2.05) is 0 Å². The molecule has 0 fully saturated rings. The first-order valence-corrected chi connectivity index (χ1v) is 13.1. The molecule has 0 radical (unpaired) electrons. The quantitative estimate of drug-likeness (QED) is 0.165. The van der Waals surface area contributed by atoms with Crippen LogP contribution in [0.2, 0.25) is 0 Å². The predicted molar refractivity (Wildman–Crippen MR) is 159 cm³/mol. The van der Waals surface area contributed by atoms with Crippen LogP contribution in [0.3, 0.4) is 0 Å². The molecule has 7 aromatic rings. The molecule has 0 amide bonds. The van der Waals surface area contributed by atoms with Gasteiger partial charge in [-0.05, 0) is 88.6 Å². The van der Waals surface area contributed by atoms with Crippen molar-refractivity contribution in [3.05, 3.63) is 132 Å². The summed E-state index contributed by atoms with van der Waals surface area (Å²) >= 11 is 0. The Balaban J connectivity index is 1.46. The van der Waals surface area contributed by atoms with Gasteiger partial charge in [0.2, 0.25) is 0 Å². The van der Waals surface area contributed by atoms with E-state index in [9.17, 15) is 0 Å². The number of benzene rings is 7. The molecule has 174 valence electrons. The normalized spacial score (nSPS) is 13.9. The van der Waals surface area contributed by atoms with Gasteiger partial charge in [-0.2, -0.15) is 0 Å². The molecule has 37 heavy (non-hydrogen) atoms. The molecule has 0 saturated carbocycles. The summed E-state index contributed by atoms with van der Waals surface area (Å²) in [6.07, 6.45) is 0. The van der Waals surface area contributed by atoms with Gasteiger partial charge in [-0.1, -0.05) is 123 Å². The first kappa shape index (κ1) is 20.7. The molecule has 0 spiro atoms. The zero-order chi connectivity index (χ0) is 24.7. The highest BCUT2D eigenvalue weighted by molar-refractivity contribution is 6.20. The van der Waals surface area contributed by atoms with Crippen LogP contribution in [0.25, 0.3) is 65.3 Å². The Bertz CT molecular complexity index is 2060. The van der Waals surface area contributed by atoms with Crippen LogP contribution in [0.5, 0.6) is 0 Å². The lowest BCUT2D eigenvalue weighted by atomic mass is 9.80. The zero-order valence-electron chi connectivity index (χ0n) is 21.0. The number of rotatable bonds is 1. The maximum Gasteiger partial charge on any atom is 0.0159 e. The van der Waals surface area contributed by atoms with Gasteiger partial charge in [-0.15, -0.1) is 0 Å². The van der Waals surface area contributed by atoms with Crippen molar-refractivity contribution in [3.8, 4) is 22.3 Å². The van der Waals surface area contributed by atoms with Crippen LogP contribution in [0.4, 0.5) is 0 Å². The van der Waals surface area contributed by atoms with Crippen LogP contribution >= 0.6 is 0 Å². The molecule has 8 rings (SSSR count). The largest absolute Gasteiger partial charge is 0.0616 e. The Labute approximate surface area is 216 Å². The van der Waals surface area contributed by atoms with Gasteiger partial charge in [0.15, 0.2) is 0 Å². The smallest absolute Gasteiger partial charge is 0.0159 e. The summed E-state index contributed by atoms with van der Waals surface area (Å²) in [6.45, 7) is 4.76. The van der Waals surface area contributed by atoms with Crippen molar-refractivity contribution in [2.45, 2.75) is 19.3 Å². The fourth-order valence-electron chi connectivity index (χ4n) is 6.79. The second-order valence-corrected chi connectivity index (χ2v) is 10.9. The number of hydrogen-bond donors (Lipinski definition) is 0. The second-order valence-electron chi connectivity index (χ2n) is 10.9. The minimum absolute atomic E-state index is 0.0577. The molecule has 0 aromatic heterocycles. The maximum atomic E-state index is 2.47. The minimum atomic E-state index is -0.0577. The van der Waals surface area contributed by atoms with E-state index in [4.69, 9.17) is 0 Å². The standard InChI is InChI=1S/C37H26/c1-37(2)33-20-17-24-10-4-7-13-28(24)36(33)31-19-16-26(22-34(31)37)35-29-14-8-5-11-25(29)21-32-27-12-6-3-9-23(27)15-18-30(32)35/h3-22H,1-2H3. The molecule has 1 aliphatic carbocycles. The summed E-state index contributed by atoms with van der Waals surface area (Å²) in [6, 6.07) is 45.2. The van der Waals surface area contributed by atoms with Crippen molar-refractivity contribution in [2.24, 2.45) is 0 Å².